The Morgan fingerprint density at radius 1 is 1.42 bits per heavy atom. The van der Waals surface area contributed by atoms with Gasteiger partial charge in [0.1, 0.15) is 5.76 Å². The monoisotopic (exact) mass is 270 g/mol. The van der Waals surface area contributed by atoms with E-state index in [4.69, 9.17) is 9.52 Å². The highest BCUT2D eigenvalue weighted by Crippen LogP contribution is 2.07. The van der Waals surface area contributed by atoms with Crippen LogP contribution in [0.25, 0.3) is 0 Å². The van der Waals surface area contributed by atoms with Crippen LogP contribution in [0.3, 0.4) is 0 Å². The van der Waals surface area contributed by atoms with Crippen LogP contribution in [-0.2, 0) is 11.2 Å². The van der Waals surface area contributed by atoms with Crippen molar-refractivity contribution < 1.29 is 24.2 Å². The van der Waals surface area contributed by atoms with Crippen LogP contribution in [0, 0.1) is 0 Å². The molecule has 0 saturated carbocycles. The average molecular weight is 270 g/mol. The molecule has 0 spiro atoms. The molecule has 0 fully saturated rings. The molecule has 0 aliphatic carbocycles. The van der Waals surface area contributed by atoms with E-state index < -0.39 is 24.0 Å². The number of carboxylic acid groups (broad SMARTS) is 1. The highest BCUT2D eigenvalue weighted by Gasteiger charge is 2.24. The Labute approximate surface area is 110 Å². The van der Waals surface area contributed by atoms with Crippen molar-refractivity contribution in [3.63, 3.8) is 0 Å². The predicted molar refractivity (Wildman–Crippen MR) is 66.7 cm³/mol. The van der Waals surface area contributed by atoms with Crippen molar-refractivity contribution >= 4 is 12.0 Å². The zero-order valence-electron chi connectivity index (χ0n) is 10.7. The van der Waals surface area contributed by atoms with Crippen molar-refractivity contribution in [3.05, 3.63) is 24.2 Å². The van der Waals surface area contributed by atoms with Gasteiger partial charge in [-0.3, -0.25) is 4.79 Å². The maximum Gasteiger partial charge on any atom is 0.314 e. The second-order valence-electron chi connectivity index (χ2n) is 4.51. The predicted octanol–water partition coefficient (Wildman–Crippen LogP) is 0.347. The third kappa shape index (κ3) is 6.46. The summed E-state index contributed by atoms with van der Waals surface area (Å²) in [5.41, 5.74) is -1.47. The third-order valence-electron chi connectivity index (χ3n) is 2.40. The first-order chi connectivity index (χ1) is 8.89. The van der Waals surface area contributed by atoms with E-state index in [-0.39, 0.29) is 6.54 Å². The summed E-state index contributed by atoms with van der Waals surface area (Å²) in [7, 11) is 0. The third-order valence-corrected chi connectivity index (χ3v) is 2.40. The highest BCUT2D eigenvalue weighted by molar-refractivity contribution is 5.74. The summed E-state index contributed by atoms with van der Waals surface area (Å²) in [5, 5.41) is 23.2. The van der Waals surface area contributed by atoms with E-state index in [9.17, 15) is 14.7 Å². The molecular formula is C12H18N2O5. The van der Waals surface area contributed by atoms with Crippen molar-refractivity contribution in [2.75, 3.05) is 13.1 Å². The fourth-order valence-electron chi connectivity index (χ4n) is 1.48. The van der Waals surface area contributed by atoms with Crippen molar-refractivity contribution in [1.29, 1.82) is 0 Å². The fraction of sp³-hybridized carbons (Fsp3) is 0.500. The molecule has 19 heavy (non-hydrogen) atoms. The Morgan fingerprint density at radius 2 is 2.16 bits per heavy atom. The lowest BCUT2D eigenvalue weighted by molar-refractivity contribution is -0.141. The smallest absolute Gasteiger partial charge is 0.314 e. The van der Waals surface area contributed by atoms with Gasteiger partial charge in [0.05, 0.1) is 18.3 Å². The fourth-order valence-corrected chi connectivity index (χ4v) is 1.48. The van der Waals surface area contributed by atoms with Gasteiger partial charge in [-0.25, -0.2) is 4.79 Å². The van der Waals surface area contributed by atoms with Gasteiger partial charge in [0.25, 0.3) is 0 Å². The first-order valence-corrected chi connectivity index (χ1v) is 5.87. The van der Waals surface area contributed by atoms with E-state index in [2.05, 4.69) is 10.6 Å². The molecule has 2 amide bonds. The van der Waals surface area contributed by atoms with Crippen LogP contribution in [0.5, 0.6) is 0 Å². The number of carbonyl (C=O) groups is 2. The van der Waals surface area contributed by atoms with Gasteiger partial charge in [-0.1, -0.05) is 0 Å². The molecule has 4 N–H and O–H groups in total. The van der Waals surface area contributed by atoms with Crippen LogP contribution in [0.1, 0.15) is 19.1 Å². The number of urea groups is 1. The Bertz CT molecular complexity index is 414. The first-order valence-electron chi connectivity index (χ1n) is 5.87. The molecule has 0 aromatic carbocycles. The number of carbonyl (C=O) groups excluding carboxylic acids is 1. The summed E-state index contributed by atoms with van der Waals surface area (Å²) in [5.74, 6) is -0.358. The molecule has 1 aromatic rings. The highest BCUT2D eigenvalue weighted by atomic mass is 16.4. The van der Waals surface area contributed by atoms with Gasteiger partial charge in [0, 0.05) is 19.5 Å². The second-order valence-corrected chi connectivity index (χ2v) is 4.51. The lowest BCUT2D eigenvalue weighted by Crippen LogP contribution is -2.46. The van der Waals surface area contributed by atoms with Gasteiger partial charge in [-0.2, -0.15) is 0 Å². The molecule has 0 aliphatic rings. The van der Waals surface area contributed by atoms with E-state index in [0.717, 1.165) is 5.76 Å². The number of nitrogens with one attached hydrogen (secondary N) is 2. The molecule has 0 aliphatic heterocycles. The second kappa shape index (κ2) is 6.79. The number of aliphatic carboxylic acids is 1. The van der Waals surface area contributed by atoms with E-state index in [0.29, 0.717) is 13.0 Å². The zero-order valence-corrected chi connectivity index (χ0v) is 10.7. The number of rotatable bonds is 7. The lowest BCUT2D eigenvalue weighted by Gasteiger charge is -2.21. The molecule has 106 valence electrons. The molecule has 0 radical (unpaired) electrons. The summed E-state index contributed by atoms with van der Waals surface area (Å²) < 4.78 is 5.10. The topological polar surface area (TPSA) is 112 Å². The average Bonchev–Trinajstić information content (AvgIpc) is 2.78. The van der Waals surface area contributed by atoms with E-state index in [1.165, 1.54) is 6.92 Å². The van der Waals surface area contributed by atoms with Crippen molar-refractivity contribution in [3.8, 4) is 0 Å². The largest absolute Gasteiger partial charge is 0.481 e. The maximum absolute atomic E-state index is 11.4. The number of carboxylic acids is 1. The maximum atomic E-state index is 11.4. The molecule has 1 rings (SSSR count). The minimum absolute atomic E-state index is 0.133. The number of aliphatic hydroxyl groups is 1. The van der Waals surface area contributed by atoms with Crippen molar-refractivity contribution in [2.45, 2.75) is 25.4 Å². The lowest BCUT2D eigenvalue weighted by atomic mass is 10.0. The van der Waals surface area contributed by atoms with Gasteiger partial charge < -0.3 is 25.3 Å². The Morgan fingerprint density at radius 3 is 2.74 bits per heavy atom. The molecule has 1 aromatic heterocycles. The summed E-state index contributed by atoms with van der Waals surface area (Å²) in [6.45, 7) is 1.61. The number of hydrogen-bond donors (Lipinski definition) is 4. The van der Waals surface area contributed by atoms with E-state index in [1.807, 2.05) is 0 Å². The molecule has 7 heteroatoms. The zero-order chi connectivity index (χ0) is 14.3. The number of hydrogen-bond acceptors (Lipinski definition) is 4. The summed E-state index contributed by atoms with van der Waals surface area (Å²) in [6.07, 6.45) is 1.68. The quantitative estimate of drug-likeness (QED) is 0.571. The Kier molecular flexibility index (Phi) is 5.37. The molecule has 0 saturated heterocycles. The van der Waals surface area contributed by atoms with Crippen LogP contribution >= 0.6 is 0 Å². The Hall–Kier alpha value is -2.02. The molecule has 1 heterocycles. The van der Waals surface area contributed by atoms with Gasteiger partial charge in [-0.05, 0) is 19.1 Å². The summed E-state index contributed by atoms with van der Waals surface area (Å²) >= 11 is 0. The minimum Gasteiger partial charge on any atom is -0.481 e. The van der Waals surface area contributed by atoms with Gasteiger partial charge in [-0.15, -0.1) is 0 Å². The molecule has 0 bridgehead atoms. The molecule has 7 nitrogen and oxygen atoms in total. The van der Waals surface area contributed by atoms with Crippen LogP contribution in [-0.4, -0.2) is 40.9 Å². The molecular weight excluding hydrogens is 252 g/mol. The van der Waals surface area contributed by atoms with Crippen molar-refractivity contribution in [2.24, 2.45) is 0 Å². The van der Waals surface area contributed by atoms with Crippen molar-refractivity contribution in [1.82, 2.24) is 10.6 Å². The molecule has 1 unspecified atom stereocenters. The first kappa shape index (κ1) is 15.0. The van der Waals surface area contributed by atoms with Crippen LogP contribution in [0.15, 0.2) is 22.8 Å². The van der Waals surface area contributed by atoms with Gasteiger partial charge in [0.15, 0.2) is 0 Å². The SMILES string of the molecule is CC(O)(CNC(=O)NCCc1ccco1)CC(=O)O. The van der Waals surface area contributed by atoms with Gasteiger partial charge in [0.2, 0.25) is 0 Å². The normalized spacial score (nSPS) is 13.6. The summed E-state index contributed by atoms with van der Waals surface area (Å²) in [6, 6.07) is 3.10. The van der Waals surface area contributed by atoms with E-state index >= 15 is 0 Å². The van der Waals surface area contributed by atoms with Crippen LogP contribution < -0.4 is 10.6 Å². The van der Waals surface area contributed by atoms with Crippen LogP contribution in [0.4, 0.5) is 4.79 Å². The van der Waals surface area contributed by atoms with E-state index in [1.54, 1.807) is 18.4 Å². The summed E-state index contributed by atoms with van der Waals surface area (Å²) in [4.78, 5) is 21.9. The number of amides is 2. The standard InChI is InChI=1S/C12H18N2O5/c1-12(18,7-10(15)16)8-14-11(17)13-5-4-9-3-2-6-19-9/h2-3,6,18H,4-5,7-8H2,1H3,(H,15,16)(H2,13,14,17). The Balaban J connectivity index is 2.18. The minimum atomic E-state index is -1.47. The molecule has 1 atom stereocenters. The van der Waals surface area contributed by atoms with Gasteiger partial charge >= 0.3 is 12.0 Å². The number of furan rings is 1. The van der Waals surface area contributed by atoms with Crippen LogP contribution in [0.2, 0.25) is 0 Å².